The number of rotatable bonds is 5. The Bertz CT molecular complexity index is 920. The van der Waals surface area contributed by atoms with Crippen molar-refractivity contribution in [2.24, 2.45) is 0 Å². The van der Waals surface area contributed by atoms with Crippen LogP contribution < -0.4 is 16.4 Å². The zero-order chi connectivity index (χ0) is 17.8. The minimum Gasteiger partial charge on any atom is -0.378 e. The van der Waals surface area contributed by atoms with E-state index in [-0.39, 0.29) is 17.6 Å². The summed E-state index contributed by atoms with van der Waals surface area (Å²) in [5.41, 5.74) is 6.26. The van der Waals surface area contributed by atoms with Gasteiger partial charge in [-0.25, -0.2) is 4.39 Å². The van der Waals surface area contributed by atoms with Crippen LogP contribution in [0.3, 0.4) is 0 Å². The van der Waals surface area contributed by atoms with E-state index >= 15 is 0 Å². The topological polar surface area (TPSA) is 119 Å². The normalized spacial score (nSPS) is 10.3. The van der Waals surface area contributed by atoms with E-state index in [0.29, 0.717) is 11.4 Å². The first-order chi connectivity index (χ1) is 12.0. The molecule has 0 aliphatic rings. The summed E-state index contributed by atoms with van der Waals surface area (Å²) in [4.78, 5) is 18.6. The number of halogens is 1. The molecule has 3 rings (SSSR count). The molecule has 3 aromatic rings. The van der Waals surface area contributed by atoms with Gasteiger partial charge in [-0.2, -0.15) is 9.97 Å². The number of para-hydroxylation sites is 1. The Morgan fingerprint density at radius 3 is 2.40 bits per heavy atom. The molecular weight excluding hydrogens is 327 g/mol. The molecule has 2 aromatic carbocycles. The van der Waals surface area contributed by atoms with Gasteiger partial charge in [0.2, 0.25) is 17.6 Å². The molecule has 0 saturated heterocycles. The van der Waals surface area contributed by atoms with E-state index in [1.165, 1.54) is 18.2 Å². The predicted molar refractivity (Wildman–Crippen MR) is 92.5 cm³/mol. The molecule has 0 radical (unpaired) electrons. The molecule has 0 atom stereocenters. The molecule has 0 fully saturated rings. The average molecular weight is 340 g/mol. The molecule has 0 aliphatic heterocycles. The van der Waals surface area contributed by atoms with Gasteiger partial charge in [-0.05, 0) is 30.3 Å². The lowest BCUT2D eigenvalue weighted by Gasteiger charge is -2.10. The maximum absolute atomic E-state index is 13.3. The van der Waals surface area contributed by atoms with Crippen LogP contribution in [0.4, 0.5) is 39.0 Å². The highest BCUT2D eigenvalue weighted by molar-refractivity contribution is 5.75. The van der Waals surface area contributed by atoms with E-state index < -0.39 is 16.4 Å². The summed E-state index contributed by atoms with van der Waals surface area (Å²) in [6.07, 6.45) is 0. The number of aromatic nitrogens is 2. The molecule has 0 saturated carbocycles. The first-order valence-electron chi connectivity index (χ1n) is 7.19. The van der Waals surface area contributed by atoms with Gasteiger partial charge in [-0.1, -0.05) is 24.3 Å². The molecular formula is C16H13FN6O2. The molecule has 126 valence electrons. The van der Waals surface area contributed by atoms with E-state index in [2.05, 4.69) is 20.6 Å². The molecule has 4 N–H and O–H groups in total. The SMILES string of the molecule is Nc1nc(Nc2cccc(F)c2)nc(Nc2ccccc2)c1[N+](=O)[O-]. The molecule has 25 heavy (non-hydrogen) atoms. The Morgan fingerprint density at radius 1 is 1.00 bits per heavy atom. The van der Waals surface area contributed by atoms with E-state index in [9.17, 15) is 14.5 Å². The molecule has 0 spiro atoms. The molecule has 0 aliphatic carbocycles. The molecule has 8 nitrogen and oxygen atoms in total. The summed E-state index contributed by atoms with van der Waals surface area (Å²) in [6.45, 7) is 0. The highest BCUT2D eigenvalue weighted by Crippen LogP contribution is 2.32. The second kappa shape index (κ2) is 6.79. The van der Waals surface area contributed by atoms with Crippen molar-refractivity contribution in [2.45, 2.75) is 0 Å². The number of nitrogens with two attached hydrogens (primary N) is 1. The van der Waals surface area contributed by atoms with Gasteiger partial charge in [-0.3, -0.25) is 10.1 Å². The average Bonchev–Trinajstić information content (AvgIpc) is 2.55. The zero-order valence-electron chi connectivity index (χ0n) is 12.8. The quantitative estimate of drug-likeness (QED) is 0.479. The van der Waals surface area contributed by atoms with Gasteiger partial charge >= 0.3 is 5.69 Å². The first kappa shape index (κ1) is 16.1. The molecule has 0 unspecified atom stereocenters. The number of benzene rings is 2. The zero-order valence-corrected chi connectivity index (χ0v) is 12.8. The lowest BCUT2D eigenvalue weighted by Crippen LogP contribution is -2.08. The number of nitrogens with one attached hydrogen (secondary N) is 2. The van der Waals surface area contributed by atoms with E-state index in [1.807, 2.05) is 6.07 Å². The fourth-order valence-electron chi connectivity index (χ4n) is 2.15. The first-order valence-corrected chi connectivity index (χ1v) is 7.19. The van der Waals surface area contributed by atoms with Crippen molar-refractivity contribution in [1.82, 2.24) is 9.97 Å². The molecule has 1 aromatic heterocycles. The van der Waals surface area contributed by atoms with Gasteiger partial charge in [0.15, 0.2) is 0 Å². The number of anilines is 5. The van der Waals surface area contributed by atoms with Crippen LogP contribution in [-0.4, -0.2) is 14.9 Å². The van der Waals surface area contributed by atoms with Crippen LogP contribution in [0.1, 0.15) is 0 Å². The molecule has 0 bridgehead atoms. The lowest BCUT2D eigenvalue weighted by atomic mass is 10.3. The standard InChI is InChI=1S/C16H13FN6O2/c17-10-5-4-8-12(9-10)20-16-21-14(18)13(23(24)25)15(22-16)19-11-6-2-1-3-7-11/h1-9H,(H4,18,19,20,21,22). The summed E-state index contributed by atoms with van der Waals surface area (Å²) < 4.78 is 13.3. The van der Waals surface area contributed by atoms with Crippen LogP contribution in [0.15, 0.2) is 54.6 Å². The Morgan fingerprint density at radius 2 is 1.72 bits per heavy atom. The third-order valence-electron chi connectivity index (χ3n) is 3.21. The number of nitrogen functional groups attached to an aromatic ring is 1. The maximum atomic E-state index is 13.3. The van der Waals surface area contributed by atoms with Gasteiger partial charge in [-0.15, -0.1) is 0 Å². The minimum atomic E-state index is -0.660. The van der Waals surface area contributed by atoms with Gasteiger partial charge in [0.1, 0.15) is 5.82 Å². The second-order valence-electron chi connectivity index (χ2n) is 5.01. The van der Waals surface area contributed by atoms with Crippen LogP contribution in [0.5, 0.6) is 0 Å². The summed E-state index contributed by atoms with van der Waals surface area (Å²) in [7, 11) is 0. The molecule has 0 amide bonds. The lowest BCUT2D eigenvalue weighted by molar-refractivity contribution is -0.383. The van der Waals surface area contributed by atoms with Crippen LogP contribution in [0, 0.1) is 15.9 Å². The highest BCUT2D eigenvalue weighted by Gasteiger charge is 2.23. The van der Waals surface area contributed by atoms with Crippen molar-refractivity contribution in [3.63, 3.8) is 0 Å². The Hall–Kier alpha value is -3.75. The number of nitro groups is 1. The van der Waals surface area contributed by atoms with Gasteiger partial charge < -0.3 is 16.4 Å². The van der Waals surface area contributed by atoms with Crippen molar-refractivity contribution in [1.29, 1.82) is 0 Å². The summed E-state index contributed by atoms with van der Waals surface area (Å²) in [5, 5.41) is 16.9. The molecule has 9 heteroatoms. The fraction of sp³-hybridized carbons (Fsp3) is 0. The van der Waals surface area contributed by atoms with Crippen molar-refractivity contribution in [2.75, 3.05) is 16.4 Å². The van der Waals surface area contributed by atoms with Crippen LogP contribution in [-0.2, 0) is 0 Å². The third kappa shape index (κ3) is 3.78. The minimum absolute atomic E-state index is 0.00660. The smallest absolute Gasteiger partial charge is 0.353 e. The van der Waals surface area contributed by atoms with Gasteiger partial charge in [0.25, 0.3) is 0 Å². The highest BCUT2D eigenvalue weighted by atomic mass is 19.1. The number of hydrogen-bond donors (Lipinski definition) is 3. The van der Waals surface area contributed by atoms with Crippen molar-refractivity contribution < 1.29 is 9.31 Å². The second-order valence-corrected chi connectivity index (χ2v) is 5.01. The van der Waals surface area contributed by atoms with E-state index in [4.69, 9.17) is 5.73 Å². The summed E-state index contributed by atoms with van der Waals surface area (Å²) in [5.74, 6) is -0.811. The summed E-state index contributed by atoms with van der Waals surface area (Å²) >= 11 is 0. The third-order valence-corrected chi connectivity index (χ3v) is 3.21. The van der Waals surface area contributed by atoms with E-state index in [0.717, 1.165) is 0 Å². The van der Waals surface area contributed by atoms with Gasteiger partial charge in [0.05, 0.1) is 4.92 Å². The summed E-state index contributed by atoms with van der Waals surface area (Å²) in [6, 6.07) is 14.4. The van der Waals surface area contributed by atoms with Crippen LogP contribution >= 0.6 is 0 Å². The Balaban J connectivity index is 1.99. The predicted octanol–water partition coefficient (Wildman–Crippen LogP) is 3.59. The maximum Gasteiger partial charge on any atom is 0.353 e. The number of nitrogens with zero attached hydrogens (tertiary/aromatic N) is 3. The largest absolute Gasteiger partial charge is 0.378 e. The van der Waals surface area contributed by atoms with Crippen molar-refractivity contribution >= 4 is 34.6 Å². The van der Waals surface area contributed by atoms with E-state index in [1.54, 1.807) is 30.3 Å². The van der Waals surface area contributed by atoms with Crippen LogP contribution in [0.2, 0.25) is 0 Å². The molecule has 1 heterocycles. The van der Waals surface area contributed by atoms with Gasteiger partial charge in [0, 0.05) is 11.4 Å². The van der Waals surface area contributed by atoms with Crippen LogP contribution in [0.25, 0.3) is 0 Å². The monoisotopic (exact) mass is 340 g/mol. The Kier molecular flexibility index (Phi) is 4.38. The van der Waals surface area contributed by atoms with Crippen molar-refractivity contribution in [3.05, 3.63) is 70.5 Å². The fourth-order valence-corrected chi connectivity index (χ4v) is 2.15. The Labute approximate surface area is 141 Å². The number of hydrogen-bond acceptors (Lipinski definition) is 7. The van der Waals surface area contributed by atoms with Crippen molar-refractivity contribution in [3.8, 4) is 0 Å².